The Balaban J connectivity index is 1.76. The Bertz CT molecular complexity index is 1220. The first kappa shape index (κ1) is 21.1. The van der Waals surface area contributed by atoms with E-state index in [-0.39, 0.29) is 17.2 Å². The van der Waals surface area contributed by atoms with Gasteiger partial charge in [-0.25, -0.2) is 24.9 Å². The van der Waals surface area contributed by atoms with Crippen molar-refractivity contribution in [3.8, 4) is 11.4 Å². The number of pyridine rings is 1. The molecule has 0 fully saturated rings. The third kappa shape index (κ3) is 4.62. The summed E-state index contributed by atoms with van der Waals surface area (Å²) in [5.41, 5.74) is 3.90. The van der Waals surface area contributed by atoms with Crippen LogP contribution in [0.4, 0.5) is 11.5 Å². The largest absolute Gasteiger partial charge is 0.377 e. The fourth-order valence-corrected chi connectivity index (χ4v) is 3.36. The standard InChI is InChI=1S/C23H23ClN6O/c1-23(2,3)14-5-7-15(8-6-14)27-21-16-9-10-17(19-20(24)26-12-11-25-19)28-22(16)30-18(29-21)13-31-4/h5-12H,13H2,1-4H3,(H,27,28,29,30). The molecule has 1 N–H and O–H groups in total. The van der Waals surface area contributed by atoms with E-state index < -0.39 is 0 Å². The quantitative estimate of drug-likeness (QED) is 0.454. The molecule has 3 heterocycles. The highest BCUT2D eigenvalue weighted by atomic mass is 35.5. The number of methoxy groups -OCH3 is 1. The molecule has 0 saturated heterocycles. The highest BCUT2D eigenvalue weighted by molar-refractivity contribution is 6.31. The van der Waals surface area contributed by atoms with Gasteiger partial charge in [0, 0.05) is 25.2 Å². The zero-order chi connectivity index (χ0) is 22.0. The van der Waals surface area contributed by atoms with Crippen LogP contribution in [0.25, 0.3) is 22.4 Å². The molecule has 0 amide bonds. The summed E-state index contributed by atoms with van der Waals surface area (Å²) in [5, 5.41) is 4.46. The molecule has 4 rings (SSSR count). The maximum absolute atomic E-state index is 6.20. The van der Waals surface area contributed by atoms with E-state index in [1.165, 1.54) is 5.56 Å². The number of aromatic nitrogens is 5. The molecule has 4 aromatic rings. The molecule has 0 saturated carbocycles. The smallest absolute Gasteiger partial charge is 0.165 e. The van der Waals surface area contributed by atoms with Crippen LogP contribution in [0.5, 0.6) is 0 Å². The van der Waals surface area contributed by atoms with Crippen molar-refractivity contribution < 1.29 is 4.74 Å². The van der Waals surface area contributed by atoms with E-state index in [0.29, 0.717) is 28.7 Å². The molecular formula is C23H23ClN6O. The molecular weight excluding hydrogens is 412 g/mol. The zero-order valence-electron chi connectivity index (χ0n) is 17.8. The lowest BCUT2D eigenvalue weighted by Gasteiger charge is -2.19. The van der Waals surface area contributed by atoms with Crippen LogP contribution >= 0.6 is 11.6 Å². The number of rotatable bonds is 5. The summed E-state index contributed by atoms with van der Waals surface area (Å²) in [6.45, 7) is 6.84. The number of benzene rings is 1. The Hall–Kier alpha value is -3.16. The van der Waals surface area contributed by atoms with Crippen molar-refractivity contribution in [2.75, 3.05) is 12.4 Å². The van der Waals surface area contributed by atoms with Gasteiger partial charge in [-0.1, -0.05) is 44.5 Å². The molecule has 0 aliphatic heterocycles. The van der Waals surface area contributed by atoms with E-state index >= 15 is 0 Å². The van der Waals surface area contributed by atoms with E-state index in [2.05, 4.69) is 63.1 Å². The van der Waals surface area contributed by atoms with Gasteiger partial charge in [-0.3, -0.25) is 0 Å². The lowest BCUT2D eigenvalue weighted by molar-refractivity contribution is 0.178. The van der Waals surface area contributed by atoms with Crippen molar-refractivity contribution in [3.63, 3.8) is 0 Å². The third-order valence-electron chi connectivity index (χ3n) is 4.79. The van der Waals surface area contributed by atoms with Crippen LogP contribution in [0.3, 0.4) is 0 Å². The molecule has 0 radical (unpaired) electrons. The van der Waals surface area contributed by atoms with E-state index in [0.717, 1.165) is 11.1 Å². The van der Waals surface area contributed by atoms with Crippen molar-refractivity contribution in [3.05, 3.63) is 65.3 Å². The minimum absolute atomic E-state index is 0.0910. The number of anilines is 2. The van der Waals surface area contributed by atoms with E-state index in [4.69, 9.17) is 16.3 Å². The van der Waals surface area contributed by atoms with Gasteiger partial charge >= 0.3 is 0 Å². The average Bonchev–Trinajstić information content (AvgIpc) is 2.74. The first-order valence-electron chi connectivity index (χ1n) is 9.86. The number of fused-ring (bicyclic) bond motifs is 1. The normalized spacial score (nSPS) is 11.6. The third-order valence-corrected chi connectivity index (χ3v) is 5.07. The van der Waals surface area contributed by atoms with Gasteiger partial charge < -0.3 is 10.1 Å². The predicted molar refractivity (Wildman–Crippen MR) is 123 cm³/mol. The SMILES string of the molecule is COCc1nc(Nc2ccc(C(C)(C)C)cc2)c2ccc(-c3nccnc3Cl)nc2n1. The van der Waals surface area contributed by atoms with Crippen molar-refractivity contribution in [1.82, 2.24) is 24.9 Å². The average molecular weight is 435 g/mol. The number of halogens is 1. The second-order valence-electron chi connectivity index (χ2n) is 8.14. The molecule has 8 heteroatoms. The minimum atomic E-state index is 0.0910. The summed E-state index contributed by atoms with van der Waals surface area (Å²) >= 11 is 6.20. The van der Waals surface area contributed by atoms with Gasteiger partial charge in [0.05, 0.1) is 11.1 Å². The number of nitrogens with one attached hydrogen (secondary N) is 1. The highest BCUT2D eigenvalue weighted by Gasteiger charge is 2.15. The van der Waals surface area contributed by atoms with Crippen LogP contribution in [-0.4, -0.2) is 32.0 Å². The van der Waals surface area contributed by atoms with Crippen LogP contribution in [-0.2, 0) is 16.8 Å². The lowest BCUT2D eigenvalue weighted by Crippen LogP contribution is -2.10. The predicted octanol–water partition coefficient (Wildman–Crippen LogP) is 5.32. The lowest BCUT2D eigenvalue weighted by atomic mass is 9.87. The number of hydrogen-bond donors (Lipinski definition) is 1. The van der Waals surface area contributed by atoms with Gasteiger partial charge in [0.2, 0.25) is 0 Å². The molecule has 0 aliphatic carbocycles. The second kappa shape index (κ2) is 8.53. The van der Waals surface area contributed by atoms with E-state index in [9.17, 15) is 0 Å². The summed E-state index contributed by atoms with van der Waals surface area (Å²) < 4.78 is 5.25. The summed E-state index contributed by atoms with van der Waals surface area (Å²) in [6, 6.07) is 12.1. The van der Waals surface area contributed by atoms with Crippen molar-refractivity contribution in [2.45, 2.75) is 32.8 Å². The van der Waals surface area contributed by atoms with E-state index in [1.54, 1.807) is 19.5 Å². The molecule has 3 aromatic heterocycles. The zero-order valence-corrected chi connectivity index (χ0v) is 18.6. The van der Waals surface area contributed by atoms with Crippen LogP contribution < -0.4 is 5.32 Å². The summed E-state index contributed by atoms with van der Waals surface area (Å²) in [6.07, 6.45) is 3.12. The van der Waals surface area contributed by atoms with Crippen molar-refractivity contribution in [2.24, 2.45) is 0 Å². The molecule has 0 unspecified atom stereocenters. The Morgan fingerprint density at radius 1 is 0.935 bits per heavy atom. The first-order valence-corrected chi connectivity index (χ1v) is 10.2. The molecule has 0 atom stereocenters. The van der Waals surface area contributed by atoms with Crippen LogP contribution in [0.1, 0.15) is 32.2 Å². The Kier molecular flexibility index (Phi) is 5.80. The minimum Gasteiger partial charge on any atom is -0.377 e. The molecule has 31 heavy (non-hydrogen) atoms. The molecule has 158 valence electrons. The van der Waals surface area contributed by atoms with Crippen LogP contribution in [0, 0.1) is 0 Å². The number of nitrogens with zero attached hydrogens (tertiary/aromatic N) is 5. The van der Waals surface area contributed by atoms with Gasteiger partial charge in [-0.2, -0.15) is 0 Å². The molecule has 0 aliphatic rings. The number of ether oxygens (including phenoxy) is 1. The maximum atomic E-state index is 6.20. The molecule has 7 nitrogen and oxygen atoms in total. The van der Waals surface area contributed by atoms with Crippen molar-refractivity contribution >= 4 is 34.1 Å². The van der Waals surface area contributed by atoms with Crippen LogP contribution in [0.2, 0.25) is 5.15 Å². The van der Waals surface area contributed by atoms with Gasteiger partial charge in [0.25, 0.3) is 0 Å². The summed E-state index contributed by atoms with van der Waals surface area (Å²) in [7, 11) is 1.61. The fraction of sp³-hybridized carbons (Fsp3) is 0.261. The van der Waals surface area contributed by atoms with Gasteiger partial charge in [-0.15, -0.1) is 0 Å². The number of hydrogen-bond acceptors (Lipinski definition) is 7. The monoisotopic (exact) mass is 434 g/mol. The van der Waals surface area contributed by atoms with Gasteiger partial charge in [0.1, 0.15) is 18.1 Å². The Morgan fingerprint density at radius 3 is 2.35 bits per heavy atom. The van der Waals surface area contributed by atoms with Crippen LogP contribution in [0.15, 0.2) is 48.8 Å². The maximum Gasteiger partial charge on any atom is 0.165 e. The van der Waals surface area contributed by atoms with Crippen molar-refractivity contribution in [1.29, 1.82) is 0 Å². The molecule has 0 bridgehead atoms. The van der Waals surface area contributed by atoms with Gasteiger partial charge in [-0.05, 0) is 35.2 Å². The topological polar surface area (TPSA) is 85.7 Å². The first-order chi connectivity index (χ1) is 14.8. The summed E-state index contributed by atoms with van der Waals surface area (Å²) in [4.78, 5) is 22.2. The highest BCUT2D eigenvalue weighted by Crippen LogP contribution is 2.29. The molecule has 0 spiro atoms. The Labute approximate surface area is 185 Å². The Morgan fingerprint density at radius 2 is 1.68 bits per heavy atom. The van der Waals surface area contributed by atoms with E-state index in [1.807, 2.05) is 24.3 Å². The summed E-state index contributed by atoms with van der Waals surface area (Å²) in [5.74, 6) is 1.18. The molecule has 1 aromatic carbocycles. The van der Waals surface area contributed by atoms with Gasteiger partial charge in [0.15, 0.2) is 16.6 Å². The second-order valence-corrected chi connectivity index (χ2v) is 8.50. The fourth-order valence-electron chi connectivity index (χ4n) is 3.16.